The Kier molecular flexibility index (Phi) is 11.9. The Morgan fingerprint density at radius 2 is 1.69 bits per heavy atom. The molecule has 1 N–H and O–H groups in total. The van der Waals surface area contributed by atoms with E-state index in [9.17, 15) is 24.3 Å². The summed E-state index contributed by atoms with van der Waals surface area (Å²) in [5.41, 5.74) is 0.810. The number of aliphatic hydroxyl groups excluding tert-OH is 1. The number of ketones is 2. The Morgan fingerprint density at radius 3 is 2.38 bits per heavy atom. The fourth-order valence-electron chi connectivity index (χ4n) is 10.6. The van der Waals surface area contributed by atoms with E-state index in [1.54, 1.807) is 18.7 Å². The van der Waals surface area contributed by atoms with Crippen molar-refractivity contribution in [1.29, 1.82) is 0 Å². The van der Waals surface area contributed by atoms with Crippen molar-refractivity contribution in [3.63, 3.8) is 0 Å². The normalized spacial score (nSPS) is 38.9. The van der Waals surface area contributed by atoms with Crippen LogP contribution in [0.1, 0.15) is 125 Å². The number of esters is 1. The van der Waals surface area contributed by atoms with Crippen LogP contribution in [0, 0.1) is 35.0 Å². The predicted octanol–water partition coefficient (Wildman–Crippen LogP) is 7.53. The highest BCUT2D eigenvalue weighted by atomic mass is 16.7. The number of aliphatic hydroxyl groups is 1. The molecule has 1 aromatic carbocycles. The molecule has 1 aromatic heterocycles. The summed E-state index contributed by atoms with van der Waals surface area (Å²) in [5.74, 6) is -4.46. The van der Waals surface area contributed by atoms with Crippen LogP contribution in [0.3, 0.4) is 0 Å². The van der Waals surface area contributed by atoms with E-state index in [1.807, 2.05) is 79.8 Å². The minimum atomic E-state index is -1.36. The van der Waals surface area contributed by atoms with E-state index < -0.39 is 83.4 Å². The maximum atomic E-state index is 15.0. The van der Waals surface area contributed by atoms with E-state index in [-0.39, 0.29) is 30.0 Å². The number of rotatable bonds is 5. The lowest BCUT2D eigenvalue weighted by Gasteiger charge is -2.46. The number of hydrogen-bond donors (Lipinski definition) is 1. The molecule has 1 amide bonds. The average Bonchev–Trinajstić information content (AvgIpc) is 3.47. The van der Waals surface area contributed by atoms with Crippen LogP contribution in [0.15, 0.2) is 30.5 Å². The van der Waals surface area contributed by atoms with Gasteiger partial charge < -0.3 is 24.1 Å². The van der Waals surface area contributed by atoms with Gasteiger partial charge in [0.25, 0.3) is 0 Å². The van der Waals surface area contributed by atoms with Crippen LogP contribution in [0.25, 0.3) is 10.9 Å². The molecular formula is C44H62N2O9. The molecule has 4 heterocycles. The molecule has 2 aromatic rings. The number of para-hydroxylation sites is 1. The van der Waals surface area contributed by atoms with Crippen LogP contribution in [0.2, 0.25) is 0 Å². The van der Waals surface area contributed by atoms with Gasteiger partial charge in [0.05, 0.1) is 29.8 Å². The number of ether oxygens (including phenoxy) is 4. The minimum Gasteiger partial charge on any atom is -0.457 e. The molecule has 1 aliphatic carbocycles. The number of amides is 1. The van der Waals surface area contributed by atoms with Crippen molar-refractivity contribution in [3.8, 4) is 0 Å². The average molecular weight is 763 g/mol. The molecule has 3 saturated heterocycles. The second-order valence-electron chi connectivity index (χ2n) is 17.8. The monoisotopic (exact) mass is 762 g/mol. The van der Waals surface area contributed by atoms with E-state index >= 15 is 0 Å². The van der Waals surface area contributed by atoms with Crippen molar-refractivity contribution >= 4 is 34.5 Å². The second-order valence-corrected chi connectivity index (χ2v) is 17.8. The first-order valence-electron chi connectivity index (χ1n) is 20.6. The van der Waals surface area contributed by atoms with Gasteiger partial charge in [-0.05, 0) is 87.3 Å². The van der Waals surface area contributed by atoms with Gasteiger partial charge in [0.2, 0.25) is 0 Å². The molecule has 11 heteroatoms. The number of carbonyl (C=O) groups excluding carboxylic acids is 4. The molecule has 3 aliphatic heterocycles. The summed E-state index contributed by atoms with van der Waals surface area (Å²) in [6.07, 6.45) is 1.41. The number of fused-ring (bicyclic) bond motifs is 4. The van der Waals surface area contributed by atoms with Crippen LogP contribution in [0.4, 0.5) is 4.79 Å². The highest BCUT2D eigenvalue weighted by molar-refractivity contribution is 6.00. The van der Waals surface area contributed by atoms with Crippen molar-refractivity contribution in [2.75, 3.05) is 0 Å². The molecule has 6 rings (SSSR count). The fourth-order valence-corrected chi connectivity index (χ4v) is 10.6. The number of Topliss-reactive ketones (excluding diaryl/α,β-unsaturated/α-hetero) is 2. The molecule has 2 unspecified atom stereocenters. The van der Waals surface area contributed by atoms with Crippen LogP contribution in [-0.4, -0.2) is 81.0 Å². The van der Waals surface area contributed by atoms with E-state index in [0.717, 1.165) is 34.9 Å². The molecule has 0 bridgehead atoms. The Morgan fingerprint density at radius 1 is 0.982 bits per heavy atom. The summed E-state index contributed by atoms with van der Waals surface area (Å²) in [4.78, 5) is 64.4. The zero-order valence-electron chi connectivity index (χ0n) is 34.4. The standard InChI is InChI=1S/C44H62N2O9/c1-11-34-44(12-2)38(46(42(51)55-44)33-19-15-17-29-30-16-13-14-18-32(30)45-22-31(29)33)26(6)35(47)24(4)21-43(9,10)39(27(7)37(49)28(8)40(50)53-34)54-41-36(48)23(3)20-25(5)52-41/h13-14,16,18,22-28,33-34,36,38-39,41,48H,11-12,15,17,19-21H2,1-10H3/t23-,24+,25+,26-,27-,28+,33?,34+,36+,38+,39+,41?,44+/m0/s1. The number of aromatic nitrogens is 1. The van der Waals surface area contributed by atoms with Crippen molar-refractivity contribution < 1.29 is 43.2 Å². The van der Waals surface area contributed by atoms with Gasteiger partial charge >= 0.3 is 12.1 Å². The van der Waals surface area contributed by atoms with Gasteiger partial charge in [-0.1, -0.05) is 73.6 Å². The fraction of sp³-hybridized carbons (Fsp3) is 0.705. The third kappa shape index (κ3) is 7.34. The zero-order valence-corrected chi connectivity index (χ0v) is 34.4. The minimum absolute atomic E-state index is 0.0626. The number of cyclic esters (lactones) is 1. The number of hydrogen-bond acceptors (Lipinski definition) is 10. The second kappa shape index (κ2) is 15.9. The summed E-state index contributed by atoms with van der Waals surface area (Å²) in [7, 11) is 0. The Bertz CT molecular complexity index is 1780. The molecule has 0 radical (unpaired) electrons. The lowest BCUT2D eigenvalue weighted by atomic mass is 9.68. The third-order valence-electron chi connectivity index (χ3n) is 13.4. The number of benzene rings is 1. The van der Waals surface area contributed by atoms with Gasteiger partial charge in [-0.25, -0.2) is 4.79 Å². The predicted molar refractivity (Wildman–Crippen MR) is 207 cm³/mol. The van der Waals surface area contributed by atoms with Crippen molar-refractivity contribution in [2.45, 2.75) is 163 Å². The largest absolute Gasteiger partial charge is 0.457 e. The van der Waals surface area contributed by atoms with Gasteiger partial charge in [0.15, 0.2) is 17.7 Å². The summed E-state index contributed by atoms with van der Waals surface area (Å²) < 4.78 is 25.5. The van der Waals surface area contributed by atoms with E-state index in [2.05, 4.69) is 6.07 Å². The lowest BCUT2D eigenvalue weighted by molar-refractivity contribution is -0.284. The van der Waals surface area contributed by atoms with E-state index in [1.165, 1.54) is 0 Å². The molecule has 0 spiro atoms. The topological polar surface area (TPSA) is 142 Å². The first-order valence-corrected chi connectivity index (χ1v) is 20.6. The number of aryl methyl sites for hydroxylation is 1. The Balaban J connectivity index is 1.44. The molecular weight excluding hydrogens is 700 g/mol. The first kappa shape index (κ1) is 41.2. The van der Waals surface area contributed by atoms with Gasteiger partial charge in [-0.3, -0.25) is 24.3 Å². The zero-order chi connectivity index (χ0) is 40.1. The Hall–Kier alpha value is -3.41. The molecule has 55 heavy (non-hydrogen) atoms. The van der Waals surface area contributed by atoms with Gasteiger partial charge in [0.1, 0.15) is 23.9 Å². The van der Waals surface area contributed by atoms with E-state index in [4.69, 9.17) is 23.9 Å². The Labute approximate surface area is 326 Å². The van der Waals surface area contributed by atoms with Crippen LogP contribution in [0.5, 0.6) is 0 Å². The smallest absolute Gasteiger partial charge is 0.411 e. The molecule has 302 valence electrons. The molecule has 13 atom stereocenters. The number of carbonyl (C=O) groups is 4. The van der Waals surface area contributed by atoms with Gasteiger partial charge in [0, 0.05) is 29.3 Å². The maximum Gasteiger partial charge on any atom is 0.411 e. The quantitative estimate of drug-likeness (QED) is 0.240. The molecule has 0 saturated carbocycles. The highest BCUT2D eigenvalue weighted by Gasteiger charge is 2.63. The lowest BCUT2D eigenvalue weighted by Crippen LogP contribution is -2.60. The van der Waals surface area contributed by atoms with Crippen LogP contribution in [-0.2, 0) is 39.8 Å². The van der Waals surface area contributed by atoms with Crippen molar-refractivity contribution in [1.82, 2.24) is 9.88 Å². The maximum absolute atomic E-state index is 15.0. The number of pyridine rings is 1. The summed E-state index contributed by atoms with van der Waals surface area (Å²) >= 11 is 0. The summed E-state index contributed by atoms with van der Waals surface area (Å²) in [6, 6.07) is 6.82. The van der Waals surface area contributed by atoms with Crippen molar-refractivity contribution in [2.24, 2.45) is 35.0 Å². The highest BCUT2D eigenvalue weighted by Crippen LogP contribution is 2.50. The molecule has 11 nitrogen and oxygen atoms in total. The van der Waals surface area contributed by atoms with Gasteiger partial charge in [-0.2, -0.15) is 0 Å². The molecule has 4 aliphatic rings. The van der Waals surface area contributed by atoms with Crippen molar-refractivity contribution in [3.05, 3.63) is 41.6 Å². The summed E-state index contributed by atoms with van der Waals surface area (Å²) in [6.45, 7) is 18.6. The third-order valence-corrected chi connectivity index (χ3v) is 13.4. The number of nitrogens with zero attached hydrogens (tertiary/aromatic N) is 2. The van der Waals surface area contributed by atoms with E-state index in [0.29, 0.717) is 25.7 Å². The van der Waals surface area contributed by atoms with Gasteiger partial charge in [-0.15, -0.1) is 0 Å². The van der Waals surface area contributed by atoms with Crippen LogP contribution >= 0.6 is 0 Å². The SMILES string of the molecule is CC[C@H]1OC(=O)[C@H](C)C(=O)[C@H](C)[C@@H](OC2O[C@H](C)C[C@H](C)[C@H]2O)C(C)(C)C[C@@H](C)C(=O)[C@H](C)[C@H]2N(C3CCCc4c3cnc3ccccc43)C(=O)O[C@]12CC. The first-order chi connectivity index (χ1) is 26.0. The summed E-state index contributed by atoms with van der Waals surface area (Å²) in [5, 5.41) is 12.2. The van der Waals surface area contributed by atoms with Crippen LogP contribution < -0.4 is 0 Å². The molecule has 3 fully saturated rings.